The van der Waals surface area contributed by atoms with E-state index in [9.17, 15) is 5.11 Å². The van der Waals surface area contributed by atoms with Crippen LogP contribution in [0.4, 0.5) is 0 Å². The van der Waals surface area contributed by atoms with E-state index >= 15 is 0 Å². The van der Waals surface area contributed by atoms with Crippen LogP contribution >= 0.6 is 0 Å². The largest absolute Gasteiger partial charge is 0.393 e. The number of nitrogens with one attached hydrogen (secondary N) is 1. The van der Waals surface area contributed by atoms with Crippen molar-refractivity contribution in [3.63, 3.8) is 0 Å². The molecule has 4 N–H and O–H groups in total. The second-order valence-electron chi connectivity index (χ2n) is 5.47. The average molecular weight is 244 g/mol. The molecule has 0 aromatic carbocycles. The van der Waals surface area contributed by atoms with Gasteiger partial charge in [0.1, 0.15) is 0 Å². The molecule has 0 radical (unpaired) electrons. The normalized spacial score (nSPS) is 33.4. The summed E-state index contributed by atoms with van der Waals surface area (Å²) in [4.78, 5) is 0. The van der Waals surface area contributed by atoms with Gasteiger partial charge in [0.05, 0.1) is 12.2 Å². The monoisotopic (exact) mass is 244 g/mol. The van der Waals surface area contributed by atoms with Crippen molar-refractivity contribution in [2.45, 2.75) is 70.2 Å². The number of ether oxygens (including phenoxy) is 1. The van der Waals surface area contributed by atoms with Crippen LogP contribution < -0.4 is 11.1 Å². The second kappa shape index (κ2) is 6.69. The van der Waals surface area contributed by atoms with Gasteiger partial charge in [0.25, 0.3) is 0 Å². The van der Waals surface area contributed by atoms with Crippen LogP contribution in [0.2, 0.25) is 0 Å². The summed E-state index contributed by atoms with van der Waals surface area (Å²) in [5.41, 5.74) is 5.95. The molecule has 4 unspecified atom stereocenters. The van der Waals surface area contributed by atoms with Crippen molar-refractivity contribution in [1.29, 1.82) is 0 Å². The lowest BCUT2D eigenvalue weighted by Crippen LogP contribution is -2.59. The maximum Gasteiger partial charge on any atom is 0.0590 e. The highest BCUT2D eigenvalue weighted by molar-refractivity contribution is 4.95. The first-order chi connectivity index (χ1) is 8.01. The summed E-state index contributed by atoms with van der Waals surface area (Å²) in [6, 6.07) is 0.286. The molecule has 0 saturated carbocycles. The van der Waals surface area contributed by atoms with Crippen molar-refractivity contribution in [2.75, 3.05) is 13.2 Å². The minimum Gasteiger partial charge on any atom is -0.393 e. The lowest BCUT2D eigenvalue weighted by molar-refractivity contribution is -0.0316. The molecule has 17 heavy (non-hydrogen) atoms. The Morgan fingerprint density at radius 1 is 1.53 bits per heavy atom. The third-order valence-electron chi connectivity index (χ3n) is 3.65. The quantitative estimate of drug-likeness (QED) is 0.652. The lowest BCUT2D eigenvalue weighted by atomic mass is 9.84. The van der Waals surface area contributed by atoms with E-state index in [1.165, 1.54) is 0 Å². The molecule has 102 valence electrons. The fourth-order valence-electron chi connectivity index (χ4n) is 2.75. The smallest absolute Gasteiger partial charge is 0.0590 e. The van der Waals surface area contributed by atoms with Crippen molar-refractivity contribution in [3.05, 3.63) is 0 Å². The molecule has 1 aliphatic rings. The van der Waals surface area contributed by atoms with Gasteiger partial charge in [-0.05, 0) is 39.5 Å². The lowest BCUT2D eigenvalue weighted by Gasteiger charge is -2.43. The van der Waals surface area contributed by atoms with Crippen molar-refractivity contribution in [2.24, 2.45) is 5.73 Å². The fourth-order valence-corrected chi connectivity index (χ4v) is 2.75. The predicted molar refractivity (Wildman–Crippen MR) is 69.9 cm³/mol. The van der Waals surface area contributed by atoms with E-state index < -0.39 is 0 Å². The molecular formula is C13H28N2O2. The Kier molecular flexibility index (Phi) is 5.86. The maximum atomic E-state index is 9.41. The molecule has 0 aromatic heterocycles. The van der Waals surface area contributed by atoms with Gasteiger partial charge in [0.15, 0.2) is 0 Å². The summed E-state index contributed by atoms with van der Waals surface area (Å²) >= 11 is 0. The summed E-state index contributed by atoms with van der Waals surface area (Å²) in [5.74, 6) is 0. The van der Waals surface area contributed by atoms with E-state index in [0.29, 0.717) is 12.6 Å². The number of aliphatic hydroxyl groups is 1. The van der Waals surface area contributed by atoms with E-state index in [4.69, 9.17) is 10.5 Å². The molecule has 1 fully saturated rings. The first-order valence-electron chi connectivity index (χ1n) is 6.78. The number of aliphatic hydroxyl groups excluding tert-OH is 1. The van der Waals surface area contributed by atoms with E-state index in [-0.39, 0.29) is 17.7 Å². The van der Waals surface area contributed by atoms with Crippen molar-refractivity contribution in [3.8, 4) is 0 Å². The summed E-state index contributed by atoms with van der Waals surface area (Å²) in [7, 11) is 0. The van der Waals surface area contributed by atoms with Gasteiger partial charge in [-0.1, -0.05) is 6.92 Å². The first-order valence-corrected chi connectivity index (χ1v) is 6.78. The minimum absolute atomic E-state index is 0.00671. The minimum atomic E-state index is -0.269. The number of rotatable bonds is 6. The maximum absolute atomic E-state index is 9.41. The Labute approximate surface area is 105 Å². The summed E-state index contributed by atoms with van der Waals surface area (Å²) < 4.78 is 5.70. The highest BCUT2D eigenvalue weighted by Gasteiger charge is 2.36. The topological polar surface area (TPSA) is 67.5 Å². The zero-order valence-electron chi connectivity index (χ0n) is 11.4. The van der Waals surface area contributed by atoms with Crippen molar-refractivity contribution >= 4 is 0 Å². The highest BCUT2D eigenvalue weighted by atomic mass is 16.5. The molecule has 1 saturated heterocycles. The van der Waals surface area contributed by atoms with Crippen LogP contribution in [0.1, 0.15) is 46.5 Å². The van der Waals surface area contributed by atoms with E-state index in [2.05, 4.69) is 19.2 Å². The third-order valence-corrected chi connectivity index (χ3v) is 3.65. The van der Waals surface area contributed by atoms with E-state index in [0.717, 1.165) is 32.3 Å². The third kappa shape index (κ3) is 4.54. The Morgan fingerprint density at radius 2 is 2.24 bits per heavy atom. The highest BCUT2D eigenvalue weighted by Crippen LogP contribution is 2.26. The standard InChI is InChI=1S/C13H28N2O2/c1-4-12-8-13(9-14,5-6-17-12)15-10(2)7-11(3)16/h10-12,15-16H,4-9,14H2,1-3H3. The van der Waals surface area contributed by atoms with Crippen LogP contribution in [-0.2, 0) is 4.74 Å². The van der Waals surface area contributed by atoms with Gasteiger partial charge in [-0.3, -0.25) is 0 Å². The molecule has 1 aliphatic heterocycles. The molecule has 0 aliphatic carbocycles. The van der Waals surface area contributed by atoms with Gasteiger partial charge in [-0.25, -0.2) is 0 Å². The summed E-state index contributed by atoms with van der Waals surface area (Å²) in [6.45, 7) is 7.50. The second-order valence-corrected chi connectivity index (χ2v) is 5.47. The van der Waals surface area contributed by atoms with Gasteiger partial charge in [-0.15, -0.1) is 0 Å². The fraction of sp³-hybridized carbons (Fsp3) is 1.00. The Hall–Kier alpha value is -0.160. The number of hydrogen-bond acceptors (Lipinski definition) is 4. The van der Waals surface area contributed by atoms with Crippen molar-refractivity contribution in [1.82, 2.24) is 5.32 Å². The number of hydrogen-bond donors (Lipinski definition) is 3. The van der Waals surface area contributed by atoms with Crippen LogP contribution in [0.5, 0.6) is 0 Å². The summed E-state index contributed by atoms with van der Waals surface area (Å²) in [6.07, 6.45) is 3.79. The summed E-state index contributed by atoms with van der Waals surface area (Å²) in [5, 5.41) is 13.0. The first kappa shape index (κ1) is 14.9. The van der Waals surface area contributed by atoms with Crippen LogP contribution in [0.3, 0.4) is 0 Å². The molecule has 0 aromatic rings. The zero-order valence-corrected chi connectivity index (χ0v) is 11.4. The van der Waals surface area contributed by atoms with Gasteiger partial charge < -0.3 is 20.9 Å². The molecule has 1 rings (SSSR count). The van der Waals surface area contributed by atoms with Crippen LogP contribution in [0.15, 0.2) is 0 Å². The Bertz CT molecular complexity index is 223. The number of nitrogens with two attached hydrogens (primary N) is 1. The Morgan fingerprint density at radius 3 is 2.76 bits per heavy atom. The van der Waals surface area contributed by atoms with Crippen LogP contribution in [0, 0.1) is 0 Å². The average Bonchev–Trinajstić information content (AvgIpc) is 2.28. The molecule has 4 heteroatoms. The van der Waals surface area contributed by atoms with Gasteiger partial charge in [0, 0.05) is 24.7 Å². The molecule has 0 amide bonds. The van der Waals surface area contributed by atoms with Gasteiger partial charge in [0.2, 0.25) is 0 Å². The molecule has 4 nitrogen and oxygen atoms in total. The van der Waals surface area contributed by atoms with Gasteiger partial charge >= 0.3 is 0 Å². The van der Waals surface area contributed by atoms with Crippen LogP contribution in [0.25, 0.3) is 0 Å². The molecule has 0 spiro atoms. The Balaban J connectivity index is 2.55. The van der Waals surface area contributed by atoms with Gasteiger partial charge in [-0.2, -0.15) is 0 Å². The molecule has 1 heterocycles. The zero-order chi connectivity index (χ0) is 12.9. The molecule has 0 bridgehead atoms. The predicted octanol–water partition coefficient (Wildman–Crippen LogP) is 1.02. The van der Waals surface area contributed by atoms with Crippen LogP contribution in [-0.4, -0.2) is 42.0 Å². The van der Waals surface area contributed by atoms with E-state index in [1.54, 1.807) is 0 Å². The van der Waals surface area contributed by atoms with Crippen molar-refractivity contribution < 1.29 is 9.84 Å². The SMILES string of the molecule is CCC1CC(CN)(NC(C)CC(C)O)CCO1. The van der Waals surface area contributed by atoms with E-state index in [1.807, 2.05) is 6.92 Å². The molecular weight excluding hydrogens is 216 g/mol. The molecule has 4 atom stereocenters.